The molecule has 4 nitrogen and oxygen atoms in total. The van der Waals surface area contributed by atoms with E-state index in [1.165, 1.54) is 23.0 Å². The fraction of sp³-hybridized carbons (Fsp3) is 0.238. The SMILES string of the molecule is CC(c1ccc2ccccc2c1)N(C(=O)c1ccc(=O)[nH]c1)C1CC1. The highest BCUT2D eigenvalue weighted by atomic mass is 16.2. The summed E-state index contributed by atoms with van der Waals surface area (Å²) < 4.78 is 0. The third kappa shape index (κ3) is 3.07. The first-order chi connectivity index (χ1) is 12.1. The van der Waals surface area contributed by atoms with Crippen LogP contribution in [0.25, 0.3) is 10.8 Å². The molecule has 1 heterocycles. The van der Waals surface area contributed by atoms with Crippen molar-refractivity contribution in [1.82, 2.24) is 9.88 Å². The number of carbonyl (C=O) groups is 1. The molecule has 0 aliphatic heterocycles. The zero-order chi connectivity index (χ0) is 17.4. The minimum atomic E-state index is -0.197. The van der Waals surface area contributed by atoms with Crippen LogP contribution in [0, 0.1) is 0 Å². The first-order valence-corrected chi connectivity index (χ1v) is 8.63. The van der Waals surface area contributed by atoms with E-state index >= 15 is 0 Å². The van der Waals surface area contributed by atoms with Crippen LogP contribution in [0.15, 0.2) is 65.6 Å². The number of hydrogen-bond acceptors (Lipinski definition) is 2. The smallest absolute Gasteiger partial charge is 0.256 e. The molecule has 1 aliphatic carbocycles. The van der Waals surface area contributed by atoms with Crippen molar-refractivity contribution >= 4 is 16.7 Å². The van der Waals surface area contributed by atoms with Gasteiger partial charge in [-0.05, 0) is 48.2 Å². The van der Waals surface area contributed by atoms with Gasteiger partial charge in [0.25, 0.3) is 5.91 Å². The molecule has 4 heteroatoms. The van der Waals surface area contributed by atoms with Crippen molar-refractivity contribution in [1.29, 1.82) is 0 Å². The van der Waals surface area contributed by atoms with Crippen LogP contribution < -0.4 is 5.56 Å². The molecule has 0 saturated heterocycles. The second kappa shape index (κ2) is 6.20. The molecule has 1 amide bonds. The predicted octanol–water partition coefficient (Wildman–Crippen LogP) is 3.89. The van der Waals surface area contributed by atoms with Crippen molar-refractivity contribution in [2.24, 2.45) is 0 Å². The summed E-state index contributed by atoms with van der Waals surface area (Å²) in [7, 11) is 0. The highest BCUT2D eigenvalue weighted by Gasteiger charge is 2.36. The second-order valence-corrected chi connectivity index (χ2v) is 6.67. The Balaban J connectivity index is 1.68. The van der Waals surface area contributed by atoms with Crippen LogP contribution in [0.3, 0.4) is 0 Å². The Bertz CT molecular complexity index is 968. The first kappa shape index (κ1) is 15.6. The van der Waals surface area contributed by atoms with Crippen LogP contribution in [-0.4, -0.2) is 21.8 Å². The minimum absolute atomic E-state index is 0.0171. The lowest BCUT2D eigenvalue weighted by Gasteiger charge is -2.30. The zero-order valence-electron chi connectivity index (χ0n) is 14.1. The van der Waals surface area contributed by atoms with E-state index in [1.807, 2.05) is 17.0 Å². The summed E-state index contributed by atoms with van der Waals surface area (Å²) in [5.74, 6) is -0.0283. The number of nitrogens with one attached hydrogen (secondary N) is 1. The highest BCUT2D eigenvalue weighted by molar-refractivity contribution is 5.94. The standard InChI is InChI=1S/C21H20N2O2/c1-14(16-7-6-15-4-2-3-5-17(15)12-16)23(19-9-10-19)21(25)18-8-11-20(24)22-13-18/h2-8,11-14,19H,9-10H2,1H3,(H,22,24). The largest absolute Gasteiger partial charge is 0.329 e. The van der Waals surface area contributed by atoms with Gasteiger partial charge < -0.3 is 9.88 Å². The van der Waals surface area contributed by atoms with Crippen LogP contribution in [0.2, 0.25) is 0 Å². The van der Waals surface area contributed by atoms with Gasteiger partial charge in [-0.15, -0.1) is 0 Å². The Labute approximate surface area is 146 Å². The fourth-order valence-electron chi connectivity index (χ4n) is 3.33. The van der Waals surface area contributed by atoms with E-state index in [9.17, 15) is 9.59 Å². The molecule has 1 fully saturated rings. The molecule has 1 unspecified atom stereocenters. The summed E-state index contributed by atoms with van der Waals surface area (Å²) in [4.78, 5) is 28.8. The molecule has 1 saturated carbocycles. The number of benzene rings is 2. The average Bonchev–Trinajstić information content (AvgIpc) is 3.47. The number of nitrogens with zero attached hydrogens (tertiary/aromatic N) is 1. The minimum Gasteiger partial charge on any atom is -0.329 e. The van der Waals surface area contributed by atoms with E-state index in [0.29, 0.717) is 5.56 Å². The Morgan fingerprint density at radius 3 is 2.52 bits per heavy atom. The van der Waals surface area contributed by atoms with Crippen LogP contribution in [-0.2, 0) is 0 Å². The lowest BCUT2D eigenvalue weighted by Crippen LogP contribution is -2.35. The van der Waals surface area contributed by atoms with E-state index in [2.05, 4.69) is 42.2 Å². The van der Waals surface area contributed by atoms with Gasteiger partial charge >= 0.3 is 0 Å². The number of aromatic amines is 1. The lowest BCUT2D eigenvalue weighted by molar-refractivity contribution is 0.0673. The fourth-order valence-corrected chi connectivity index (χ4v) is 3.33. The average molecular weight is 332 g/mol. The van der Waals surface area contributed by atoms with Crippen LogP contribution in [0.4, 0.5) is 0 Å². The van der Waals surface area contributed by atoms with Gasteiger partial charge in [-0.1, -0.05) is 36.4 Å². The molecule has 0 bridgehead atoms. The molecule has 3 aromatic rings. The summed E-state index contributed by atoms with van der Waals surface area (Å²) in [5.41, 5.74) is 1.46. The van der Waals surface area contributed by atoms with Gasteiger partial charge in [0, 0.05) is 18.3 Å². The maximum atomic E-state index is 13.0. The van der Waals surface area contributed by atoms with E-state index in [-0.39, 0.29) is 23.6 Å². The molecule has 1 aliphatic rings. The molecule has 0 spiro atoms. The Morgan fingerprint density at radius 2 is 1.84 bits per heavy atom. The van der Waals surface area contributed by atoms with Crippen LogP contribution in [0.5, 0.6) is 0 Å². The van der Waals surface area contributed by atoms with E-state index in [4.69, 9.17) is 0 Å². The Morgan fingerprint density at radius 1 is 1.08 bits per heavy atom. The monoisotopic (exact) mass is 332 g/mol. The number of fused-ring (bicyclic) bond motifs is 1. The number of rotatable bonds is 4. The van der Waals surface area contributed by atoms with Crippen LogP contribution >= 0.6 is 0 Å². The van der Waals surface area contributed by atoms with Gasteiger partial charge in [-0.3, -0.25) is 9.59 Å². The first-order valence-electron chi connectivity index (χ1n) is 8.63. The van der Waals surface area contributed by atoms with E-state index < -0.39 is 0 Å². The summed E-state index contributed by atoms with van der Waals surface area (Å²) in [6, 6.07) is 17.9. The van der Waals surface area contributed by atoms with Crippen LogP contribution in [0.1, 0.15) is 41.7 Å². The number of pyridine rings is 1. The summed E-state index contributed by atoms with van der Waals surface area (Å²) in [6.07, 6.45) is 3.58. The summed E-state index contributed by atoms with van der Waals surface area (Å²) in [6.45, 7) is 2.08. The molecule has 126 valence electrons. The lowest BCUT2D eigenvalue weighted by atomic mass is 10.0. The van der Waals surface area contributed by atoms with Gasteiger partial charge in [0.15, 0.2) is 0 Å². The highest BCUT2D eigenvalue weighted by Crippen LogP contribution is 2.36. The third-order valence-corrected chi connectivity index (χ3v) is 4.88. The van der Waals surface area contributed by atoms with Crippen molar-refractivity contribution in [2.75, 3.05) is 0 Å². The maximum Gasteiger partial charge on any atom is 0.256 e. The molecule has 2 aromatic carbocycles. The summed E-state index contributed by atoms with van der Waals surface area (Å²) >= 11 is 0. The Kier molecular flexibility index (Phi) is 3.88. The van der Waals surface area contributed by atoms with E-state index in [1.54, 1.807) is 6.07 Å². The molecule has 0 radical (unpaired) electrons. The van der Waals surface area contributed by atoms with Gasteiger partial charge in [0.05, 0.1) is 11.6 Å². The van der Waals surface area contributed by atoms with Crippen molar-refractivity contribution in [3.8, 4) is 0 Å². The molecule has 1 N–H and O–H groups in total. The number of amides is 1. The molecule has 1 atom stereocenters. The zero-order valence-corrected chi connectivity index (χ0v) is 14.1. The van der Waals surface area contributed by atoms with Crippen molar-refractivity contribution < 1.29 is 4.79 Å². The molecule has 25 heavy (non-hydrogen) atoms. The summed E-state index contributed by atoms with van der Waals surface area (Å²) in [5, 5.41) is 2.38. The van der Waals surface area contributed by atoms with Crippen molar-refractivity contribution in [3.63, 3.8) is 0 Å². The quantitative estimate of drug-likeness (QED) is 0.788. The molecule has 4 rings (SSSR count). The van der Waals surface area contributed by atoms with E-state index in [0.717, 1.165) is 18.4 Å². The predicted molar refractivity (Wildman–Crippen MR) is 98.6 cm³/mol. The normalized spacial score (nSPS) is 15.1. The molecular formula is C21H20N2O2. The van der Waals surface area contributed by atoms with Gasteiger partial charge in [-0.25, -0.2) is 0 Å². The topological polar surface area (TPSA) is 53.2 Å². The van der Waals surface area contributed by atoms with Gasteiger partial charge in [-0.2, -0.15) is 0 Å². The molecular weight excluding hydrogens is 312 g/mol. The Hall–Kier alpha value is -2.88. The molecule has 1 aromatic heterocycles. The van der Waals surface area contributed by atoms with Gasteiger partial charge in [0.2, 0.25) is 5.56 Å². The number of aromatic nitrogens is 1. The van der Waals surface area contributed by atoms with Gasteiger partial charge in [0.1, 0.15) is 0 Å². The van der Waals surface area contributed by atoms with Crippen molar-refractivity contribution in [2.45, 2.75) is 31.8 Å². The number of hydrogen-bond donors (Lipinski definition) is 1. The number of H-pyrrole nitrogens is 1. The van der Waals surface area contributed by atoms with Crippen molar-refractivity contribution in [3.05, 3.63) is 82.3 Å². The second-order valence-electron chi connectivity index (χ2n) is 6.67. The third-order valence-electron chi connectivity index (χ3n) is 4.88. The maximum absolute atomic E-state index is 13.0. The number of carbonyl (C=O) groups excluding carboxylic acids is 1.